The second kappa shape index (κ2) is 10.5. The van der Waals surface area contributed by atoms with Crippen molar-refractivity contribution in [3.8, 4) is 11.4 Å². The maximum absolute atomic E-state index is 12.3. The third kappa shape index (κ3) is 4.90. The monoisotopic (exact) mass is 510 g/mol. The zero-order chi connectivity index (χ0) is 25.9. The predicted octanol–water partition coefficient (Wildman–Crippen LogP) is 4.03. The number of fused-ring (bicyclic) bond motifs is 3. The topological polar surface area (TPSA) is 102 Å². The lowest BCUT2D eigenvalue weighted by Crippen LogP contribution is -2.37. The van der Waals surface area contributed by atoms with E-state index in [-0.39, 0.29) is 6.03 Å². The molecule has 1 aliphatic heterocycles. The van der Waals surface area contributed by atoms with Crippen LogP contribution in [0.15, 0.2) is 67.4 Å². The van der Waals surface area contributed by atoms with Gasteiger partial charge in [0.1, 0.15) is 5.82 Å². The van der Waals surface area contributed by atoms with Gasteiger partial charge in [0.25, 0.3) is 0 Å². The number of imidazole rings is 1. The number of anilines is 2. The van der Waals surface area contributed by atoms with Crippen LogP contribution in [0.3, 0.4) is 0 Å². The Morgan fingerprint density at radius 1 is 1.00 bits per heavy atom. The quantitative estimate of drug-likeness (QED) is 0.321. The van der Waals surface area contributed by atoms with E-state index in [1.54, 1.807) is 12.5 Å². The first-order valence-electron chi connectivity index (χ1n) is 12.9. The van der Waals surface area contributed by atoms with E-state index in [4.69, 9.17) is 14.7 Å². The minimum atomic E-state index is -0.230. The highest BCUT2D eigenvalue weighted by Crippen LogP contribution is 2.33. The van der Waals surface area contributed by atoms with Crippen molar-refractivity contribution in [2.24, 2.45) is 7.05 Å². The number of morpholine rings is 1. The van der Waals surface area contributed by atoms with Gasteiger partial charge < -0.3 is 29.4 Å². The van der Waals surface area contributed by atoms with Crippen LogP contribution in [-0.4, -0.2) is 63.0 Å². The van der Waals surface area contributed by atoms with E-state index in [1.165, 1.54) is 0 Å². The minimum Gasteiger partial charge on any atom is -0.378 e. The molecule has 0 radical (unpaired) electrons. The SMILES string of the molecule is Cn1ccc2c3nc(-c4ccc(NC(=O)NCCCn5ccnc5)cc4)nc(N4CCOCC4)c3ccc21. The molecule has 0 spiro atoms. The van der Waals surface area contributed by atoms with E-state index < -0.39 is 0 Å². The van der Waals surface area contributed by atoms with Gasteiger partial charge in [-0.15, -0.1) is 0 Å². The minimum absolute atomic E-state index is 0.230. The Hall–Kier alpha value is -4.44. The molecule has 0 unspecified atom stereocenters. The van der Waals surface area contributed by atoms with Gasteiger partial charge in [-0.1, -0.05) is 0 Å². The standard InChI is InChI=1S/C28H30N8O2/c1-34-13-9-22-24(34)8-7-23-25(22)32-26(33-27(23)36-15-17-38-18-16-36)20-3-5-21(6-4-20)31-28(37)30-10-2-12-35-14-11-29-19-35/h3-9,11,13-14,19H,2,10,12,15-18H2,1H3,(H2,30,31,37). The smallest absolute Gasteiger partial charge is 0.319 e. The summed E-state index contributed by atoms with van der Waals surface area (Å²) in [7, 11) is 2.04. The molecule has 10 heteroatoms. The number of benzene rings is 2. The van der Waals surface area contributed by atoms with E-state index in [1.807, 2.05) is 42.1 Å². The molecule has 194 valence electrons. The Morgan fingerprint density at radius 3 is 2.63 bits per heavy atom. The van der Waals surface area contributed by atoms with Crippen molar-refractivity contribution in [1.29, 1.82) is 0 Å². The van der Waals surface area contributed by atoms with Gasteiger partial charge in [-0.2, -0.15) is 0 Å². The van der Waals surface area contributed by atoms with E-state index in [2.05, 4.69) is 49.5 Å². The van der Waals surface area contributed by atoms with Crippen LogP contribution in [-0.2, 0) is 18.3 Å². The Labute approximate surface area is 220 Å². The molecule has 0 saturated carbocycles. The van der Waals surface area contributed by atoms with E-state index >= 15 is 0 Å². The summed E-state index contributed by atoms with van der Waals surface area (Å²) in [5, 5.41) is 7.94. The molecule has 2 aromatic carbocycles. The number of aryl methyl sites for hydroxylation is 2. The number of nitrogens with one attached hydrogen (secondary N) is 2. The van der Waals surface area contributed by atoms with Gasteiger partial charge in [0, 0.05) is 79.4 Å². The Kier molecular flexibility index (Phi) is 6.62. The number of ether oxygens (including phenoxy) is 1. The van der Waals surface area contributed by atoms with Crippen LogP contribution in [0.5, 0.6) is 0 Å². The molecule has 38 heavy (non-hydrogen) atoms. The summed E-state index contributed by atoms with van der Waals surface area (Å²) >= 11 is 0. The molecule has 1 aliphatic rings. The van der Waals surface area contributed by atoms with Crippen LogP contribution in [0.4, 0.5) is 16.3 Å². The molecular formula is C28H30N8O2. The normalized spacial score (nSPS) is 13.8. The van der Waals surface area contributed by atoms with Crippen molar-refractivity contribution < 1.29 is 9.53 Å². The molecule has 1 fully saturated rings. The van der Waals surface area contributed by atoms with Crippen molar-refractivity contribution in [3.05, 3.63) is 67.4 Å². The van der Waals surface area contributed by atoms with Crippen molar-refractivity contribution in [1.82, 2.24) is 29.4 Å². The second-order valence-electron chi connectivity index (χ2n) is 9.40. The van der Waals surface area contributed by atoms with Gasteiger partial charge >= 0.3 is 6.03 Å². The Morgan fingerprint density at radius 2 is 1.84 bits per heavy atom. The molecule has 3 aromatic heterocycles. The van der Waals surface area contributed by atoms with Crippen LogP contribution in [0.1, 0.15) is 6.42 Å². The average Bonchev–Trinajstić information content (AvgIpc) is 3.61. The lowest BCUT2D eigenvalue weighted by molar-refractivity contribution is 0.122. The fourth-order valence-electron chi connectivity index (χ4n) is 4.83. The summed E-state index contributed by atoms with van der Waals surface area (Å²) < 4.78 is 9.67. The van der Waals surface area contributed by atoms with Crippen LogP contribution in [0, 0.1) is 0 Å². The highest BCUT2D eigenvalue weighted by atomic mass is 16.5. The van der Waals surface area contributed by atoms with Gasteiger partial charge in [-0.25, -0.2) is 19.7 Å². The molecular weight excluding hydrogens is 480 g/mol. The van der Waals surface area contributed by atoms with Crippen molar-refractivity contribution in [3.63, 3.8) is 0 Å². The third-order valence-electron chi connectivity index (χ3n) is 6.86. The Balaban J connectivity index is 1.22. The predicted molar refractivity (Wildman–Crippen MR) is 148 cm³/mol. The third-order valence-corrected chi connectivity index (χ3v) is 6.86. The first kappa shape index (κ1) is 23.9. The van der Waals surface area contributed by atoms with Gasteiger partial charge in [-0.05, 0) is 48.9 Å². The fourth-order valence-corrected chi connectivity index (χ4v) is 4.83. The van der Waals surface area contributed by atoms with E-state index in [0.29, 0.717) is 31.3 Å². The van der Waals surface area contributed by atoms with Crippen LogP contribution in [0.25, 0.3) is 33.2 Å². The van der Waals surface area contributed by atoms with Gasteiger partial charge in [0.2, 0.25) is 0 Å². The maximum atomic E-state index is 12.3. The summed E-state index contributed by atoms with van der Waals surface area (Å²) in [5.74, 6) is 1.59. The van der Waals surface area contributed by atoms with Gasteiger partial charge in [0.15, 0.2) is 5.82 Å². The summed E-state index contributed by atoms with van der Waals surface area (Å²) in [6.45, 7) is 4.33. The number of aromatic nitrogens is 5. The molecule has 0 aliphatic carbocycles. The summed E-state index contributed by atoms with van der Waals surface area (Å²) in [5.41, 5.74) is 3.67. The second-order valence-corrected chi connectivity index (χ2v) is 9.40. The molecule has 2 N–H and O–H groups in total. The molecule has 5 aromatic rings. The number of hydrogen-bond acceptors (Lipinski definition) is 6. The van der Waals surface area contributed by atoms with Crippen LogP contribution >= 0.6 is 0 Å². The average molecular weight is 511 g/mol. The molecule has 4 heterocycles. The first-order chi connectivity index (χ1) is 18.7. The number of urea groups is 1. The molecule has 10 nitrogen and oxygen atoms in total. The summed E-state index contributed by atoms with van der Waals surface area (Å²) in [6.07, 6.45) is 8.31. The van der Waals surface area contributed by atoms with Crippen molar-refractivity contribution >= 4 is 39.3 Å². The molecule has 2 amide bonds. The zero-order valence-electron chi connectivity index (χ0n) is 21.3. The molecule has 0 atom stereocenters. The zero-order valence-corrected chi connectivity index (χ0v) is 21.3. The molecule has 0 bridgehead atoms. The highest BCUT2D eigenvalue weighted by molar-refractivity contribution is 6.08. The largest absolute Gasteiger partial charge is 0.378 e. The summed E-state index contributed by atoms with van der Waals surface area (Å²) in [6, 6.07) is 13.8. The summed E-state index contributed by atoms with van der Waals surface area (Å²) in [4.78, 5) is 28.7. The first-order valence-corrected chi connectivity index (χ1v) is 12.9. The van der Waals surface area contributed by atoms with Crippen molar-refractivity contribution in [2.45, 2.75) is 13.0 Å². The Bertz CT molecular complexity index is 1550. The number of nitrogens with zero attached hydrogens (tertiary/aromatic N) is 6. The van der Waals surface area contributed by atoms with Crippen LogP contribution < -0.4 is 15.5 Å². The van der Waals surface area contributed by atoms with Crippen molar-refractivity contribution in [2.75, 3.05) is 43.1 Å². The number of rotatable bonds is 7. The van der Waals surface area contributed by atoms with E-state index in [0.717, 1.165) is 59.2 Å². The highest BCUT2D eigenvalue weighted by Gasteiger charge is 2.20. The number of carbonyl (C=O) groups is 1. The number of amides is 2. The number of hydrogen-bond donors (Lipinski definition) is 2. The maximum Gasteiger partial charge on any atom is 0.319 e. The fraction of sp³-hybridized carbons (Fsp3) is 0.286. The molecule has 6 rings (SSSR count). The molecule has 1 saturated heterocycles. The van der Waals surface area contributed by atoms with E-state index in [9.17, 15) is 4.79 Å². The lowest BCUT2D eigenvalue weighted by atomic mass is 10.1. The van der Waals surface area contributed by atoms with Crippen LogP contribution in [0.2, 0.25) is 0 Å². The number of carbonyl (C=O) groups excluding carboxylic acids is 1. The van der Waals surface area contributed by atoms with Gasteiger partial charge in [-0.3, -0.25) is 0 Å². The van der Waals surface area contributed by atoms with Gasteiger partial charge in [0.05, 0.1) is 25.1 Å². The lowest BCUT2D eigenvalue weighted by Gasteiger charge is -2.29.